The van der Waals surface area contributed by atoms with Crippen molar-refractivity contribution in [2.75, 3.05) is 17.7 Å². The maximum Gasteiger partial charge on any atom is 0.0636 e. The number of nitrogens with two attached hydrogens (primary N) is 1. The number of benzene rings is 2. The summed E-state index contributed by atoms with van der Waals surface area (Å²) in [7, 11) is 0. The Hall–Kier alpha value is -2.00. The molecule has 0 saturated carbocycles. The molecule has 4 N–H and O–H groups in total. The monoisotopic (exact) mass is 256 g/mol. The second-order valence-electron chi connectivity index (χ2n) is 4.80. The van der Waals surface area contributed by atoms with E-state index in [0.717, 1.165) is 12.1 Å². The fourth-order valence-electron chi connectivity index (χ4n) is 2.02. The quantitative estimate of drug-likeness (QED) is 0.721. The van der Waals surface area contributed by atoms with Crippen molar-refractivity contribution in [1.29, 1.82) is 0 Å². The van der Waals surface area contributed by atoms with Gasteiger partial charge in [0.2, 0.25) is 0 Å². The number of hydrogen-bond donors (Lipinski definition) is 3. The number of aryl methyl sites for hydroxylation is 1. The fraction of sp³-hybridized carbons (Fsp3) is 0.250. The molecule has 0 radical (unpaired) electrons. The summed E-state index contributed by atoms with van der Waals surface area (Å²) in [5.41, 5.74) is 9.90. The summed E-state index contributed by atoms with van der Waals surface area (Å²) >= 11 is 0. The second-order valence-corrected chi connectivity index (χ2v) is 4.80. The number of anilines is 2. The van der Waals surface area contributed by atoms with E-state index in [-0.39, 0.29) is 12.6 Å². The van der Waals surface area contributed by atoms with Crippen LogP contribution < -0.4 is 11.1 Å². The molecule has 0 spiro atoms. The van der Waals surface area contributed by atoms with Gasteiger partial charge in [0, 0.05) is 0 Å². The summed E-state index contributed by atoms with van der Waals surface area (Å²) in [5.74, 6) is 0. The summed E-state index contributed by atoms with van der Waals surface area (Å²) in [6, 6.07) is 15.9. The van der Waals surface area contributed by atoms with Crippen LogP contribution >= 0.6 is 0 Å². The molecule has 2 rings (SSSR count). The van der Waals surface area contributed by atoms with Crippen LogP contribution in [-0.2, 0) is 6.42 Å². The number of hydrogen-bond acceptors (Lipinski definition) is 3. The lowest BCUT2D eigenvalue weighted by atomic mass is 10.0. The van der Waals surface area contributed by atoms with E-state index in [1.54, 1.807) is 0 Å². The average Bonchev–Trinajstić information content (AvgIpc) is 2.43. The van der Waals surface area contributed by atoms with Crippen LogP contribution in [0.1, 0.15) is 11.1 Å². The van der Waals surface area contributed by atoms with Gasteiger partial charge in [0.15, 0.2) is 0 Å². The van der Waals surface area contributed by atoms with Crippen LogP contribution in [0.4, 0.5) is 11.4 Å². The smallest absolute Gasteiger partial charge is 0.0636 e. The molecular formula is C16H20N2O. The van der Waals surface area contributed by atoms with Crippen LogP contribution in [0.15, 0.2) is 48.5 Å². The predicted octanol–water partition coefficient (Wildman–Crippen LogP) is 2.59. The van der Waals surface area contributed by atoms with E-state index in [2.05, 4.69) is 36.5 Å². The van der Waals surface area contributed by atoms with Gasteiger partial charge in [0.25, 0.3) is 0 Å². The van der Waals surface area contributed by atoms with Crippen molar-refractivity contribution in [1.82, 2.24) is 0 Å². The average molecular weight is 256 g/mol. The zero-order chi connectivity index (χ0) is 13.7. The Labute approximate surface area is 114 Å². The minimum atomic E-state index is -0.0348. The van der Waals surface area contributed by atoms with Crippen LogP contribution in [0.5, 0.6) is 0 Å². The van der Waals surface area contributed by atoms with Crippen LogP contribution in [-0.4, -0.2) is 17.8 Å². The molecule has 0 amide bonds. The number of nitrogens with one attached hydrogen (secondary N) is 1. The highest BCUT2D eigenvalue weighted by molar-refractivity contribution is 5.66. The molecule has 0 aliphatic heterocycles. The van der Waals surface area contributed by atoms with E-state index in [1.165, 1.54) is 11.1 Å². The molecule has 0 bridgehead atoms. The van der Waals surface area contributed by atoms with Crippen LogP contribution in [0.25, 0.3) is 0 Å². The minimum Gasteiger partial charge on any atom is -0.397 e. The predicted molar refractivity (Wildman–Crippen MR) is 80.2 cm³/mol. The first kappa shape index (κ1) is 13.4. The molecular weight excluding hydrogens is 236 g/mol. The van der Waals surface area contributed by atoms with Gasteiger partial charge in [-0.1, -0.05) is 42.0 Å². The summed E-state index contributed by atoms with van der Waals surface area (Å²) < 4.78 is 0. The Bertz CT molecular complexity index is 523. The van der Waals surface area contributed by atoms with Crippen molar-refractivity contribution in [2.45, 2.75) is 19.4 Å². The van der Waals surface area contributed by atoms with Gasteiger partial charge < -0.3 is 16.2 Å². The first-order valence-electron chi connectivity index (χ1n) is 6.46. The third kappa shape index (κ3) is 3.73. The van der Waals surface area contributed by atoms with Gasteiger partial charge in [0.1, 0.15) is 0 Å². The van der Waals surface area contributed by atoms with Gasteiger partial charge in [-0.3, -0.25) is 0 Å². The number of para-hydroxylation sites is 2. The molecule has 3 heteroatoms. The molecule has 0 aliphatic rings. The number of aliphatic hydroxyl groups is 1. The zero-order valence-corrected chi connectivity index (χ0v) is 11.1. The zero-order valence-electron chi connectivity index (χ0n) is 11.1. The Morgan fingerprint density at radius 3 is 2.42 bits per heavy atom. The van der Waals surface area contributed by atoms with E-state index in [4.69, 9.17) is 5.73 Å². The van der Waals surface area contributed by atoms with Gasteiger partial charge in [-0.25, -0.2) is 0 Å². The van der Waals surface area contributed by atoms with E-state index < -0.39 is 0 Å². The third-order valence-corrected chi connectivity index (χ3v) is 3.14. The molecule has 0 unspecified atom stereocenters. The van der Waals surface area contributed by atoms with Gasteiger partial charge in [-0.05, 0) is 31.0 Å². The van der Waals surface area contributed by atoms with Gasteiger partial charge >= 0.3 is 0 Å². The molecule has 3 nitrogen and oxygen atoms in total. The van der Waals surface area contributed by atoms with Crippen molar-refractivity contribution in [3.05, 3.63) is 59.7 Å². The summed E-state index contributed by atoms with van der Waals surface area (Å²) in [6.45, 7) is 2.14. The molecule has 19 heavy (non-hydrogen) atoms. The molecule has 0 aliphatic carbocycles. The molecule has 100 valence electrons. The molecule has 0 aromatic heterocycles. The normalized spacial score (nSPS) is 12.1. The van der Waals surface area contributed by atoms with Gasteiger partial charge in [-0.2, -0.15) is 0 Å². The lowest BCUT2D eigenvalue weighted by Gasteiger charge is -2.19. The maximum atomic E-state index is 9.49. The van der Waals surface area contributed by atoms with E-state index in [1.807, 2.05) is 24.3 Å². The SMILES string of the molecule is Cc1ccc(C[C@@H](CO)Nc2ccccc2N)cc1. The molecule has 0 heterocycles. The van der Waals surface area contributed by atoms with E-state index in [9.17, 15) is 5.11 Å². The molecule has 1 atom stereocenters. The Morgan fingerprint density at radius 2 is 1.79 bits per heavy atom. The first-order valence-corrected chi connectivity index (χ1v) is 6.46. The van der Waals surface area contributed by atoms with Crippen molar-refractivity contribution >= 4 is 11.4 Å². The van der Waals surface area contributed by atoms with Crippen LogP contribution in [0, 0.1) is 6.92 Å². The number of aliphatic hydroxyl groups excluding tert-OH is 1. The Kier molecular flexibility index (Phi) is 4.42. The first-order chi connectivity index (χ1) is 9.19. The summed E-state index contributed by atoms with van der Waals surface area (Å²) in [6.07, 6.45) is 0.769. The Morgan fingerprint density at radius 1 is 1.11 bits per heavy atom. The summed E-state index contributed by atoms with van der Waals surface area (Å²) in [5, 5.41) is 12.8. The van der Waals surface area contributed by atoms with E-state index in [0.29, 0.717) is 5.69 Å². The second kappa shape index (κ2) is 6.25. The summed E-state index contributed by atoms with van der Waals surface area (Å²) in [4.78, 5) is 0. The largest absolute Gasteiger partial charge is 0.397 e. The highest BCUT2D eigenvalue weighted by Gasteiger charge is 2.09. The molecule has 0 fully saturated rings. The topological polar surface area (TPSA) is 58.3 Å². The highest BCUT2D eigenvalue weighted by Crippen LogP contribution is 2.19. The Balaban J connectivity index is 2.05. The maximum absolute atomic E-state index is 9.49. The van der Waals surface area contributed by atoms with Gasteiger partial charge in [-0.15, -0.1) is 0 Å². The van der Waals surface area contributed by atoms with Crippen LogP contribution in [0.2, 0.25) is 0 Å². The highest BCUT2D eigenvalue weighted by atomic mass is 16.3. The lowest BCUT2D eigenvalue weighted by molar-refractivity contribution is 0.274. The van der Waals surface area contributed by atoms with Crippen LogP contribution in [0.3, 0.4) is 0 Å². The third-order valence-electron chi connectivity index (χ3n) is 3.14. The van der Waals surface area contributed by atoms with Crippen molar-refractivity contribution in [3.63, 3.8) is 0 Å². The molecule has 2 aromatic carbocycles. The molecule has 0 saturated heterocycles. The van der Waals surface area contributed by atoms with Crippen molar-refractivity contribution < 1.29 is 5.11 Å². The number of rotatable bonds is 5. The number of nitrogen functional groups attached to an aromatic ring is 1. The van der Waals surface area contributed by atoms with Crippen molar-refractivity contribution in [3.8, 4) is 0 Å². The van der Waals surface area contributed by atoms with E-state index >= 15 is 0 Å². The standard InChI is InChI=1S/C16H20N2O/c1-12-6-8-13(9-7-12)10-14(11-19)18-16-5-3-2-4-15(16)17/h2-9,14,18-19H,10-11,17H2,1H3/t14-/m0/s1. The van der Waals surface area contributed by atoms with Gasteiger partial charge in [0.05, 0.1) is 24.0 Å². The molecule has 2 aromatic rings. The fourth-order valence-corrected chi connectivity index (χ4v) is 2.02. The minimum absolute atomic E-state index is 0.0348. The van der Waals surface area contributed by atoms with Crippen molar-refractivity contribution in [2.24, 2.45) is 0 Å². The lowest BCUT2D eigenvalue weighted by Crippen LogP contribution is -2.26.